The number of anilines is 1. The second kappa shape index (κ2) is 5.67. The lowest BCUT2D eigenvalue weighted by molar-refractivity contribution is 0.594. The molecule has 0 aliphatic carbocycles. The van der Waals surface area contributed by atoms with Crippen molar-refractivity contribution in [2.75, 3.05) is 5.73 Å². The van der Waals surface area contributed by atoms with E-state index in [1.54, 1.807) is 6.07 Å². The van der Waals surface area contributed by atoms with Crippen molar-refractivity contribution < 1.29 is 13.0 Å². The van der Waals surface area contributed by atoms with E-state index in [4.69, 9.17) is 17.3 Å². The minimum atomic E-state index is -1.70. The summed E-state index contributed by atoms with van der Waals surface area (Å²) < 4.78 is 39.3. The fourth-order valence-electron chi connectivity index (χ4n) is 1.58. The highest BCUT2D eigenvalue weighted by Crippen LogP contribution is 2.22. The van der Waals surface area contributed by atoms with Crippen LogP contribution in [0.1, 0.15) is 5.56 Å². The number of nitrogens with two attached hydrogens (primary N) is 1. The molecular weight excluding hydrogens is 292 g/mol. The molecule has 1 atom stereocenters. The van der Waals surface area contributed by atoms with E-state index in [0.717, 1.165) is 6.07 Å². The lowest BCUT2D eigenvalue weighted by Crippen LogP contribution is -2.02. The summed E-state index contributed by atoms with van der Waals surface area (Å²) in [7, 11) is -1.70. The van der Waals surface area contributed by atoms with Gasteiger partial charge in [0.25, 0.3) is 0 Å². The summed E-state index contributed by atoms with van der Waals surface area (Å²) >= 11 is 5.63. The van der Waals surface area contributed by atoms with Gasteiger partial charge in [-0.15, -0.1) is 0 Å². The van der Waals surface area contributed by atoms with E-state index >= 15 is 0 Å². The lowest BCUT2D eigenvalue weighted by atomic mass is 10.2. The molecule has 2 N–H and O–H groups in total. The molecule has 0 aliphatic rings. The third-order valence-corrected chi connectivity index (χ3v) is 4.21. The Balaban J connectivity index is 2.28. The lowest BCUT2D eigenvalue weighted by Gasteiger charge is -2.06. The second-order valence-corrected chi connectivity index (χ2v) is 5.72. The van der Waals surface area contributed by atoms with Crippen molar-refractivity contribution >= 4 is 28.1 Å². The number of benzene rings is 2. The maximum atomic E-state index is 13.7. The molecule has 0 aromatic heterocycles. The van der Waals surface area contributed by atoms with Gasteiger partial charge >= 0.3 is 0 Å². The molecule has 0 aliphatic heterocycles. The van der Waals surface area contributed by atoms with Crippen LogP contribution in [0.4, 0.5) is 14.5 Å². The van der Waals surface area contributed by atoms with Crippen molar-refractivity contribution in [3.63, 3.8) is 0 Å². The monoisotopic (exact) mass is 301 g/mol. The summed E-state index contributed by atoms with van der Waals surface area (Å²) in [5, 5.41) is -0.0488. The zero-order valence-corrected chi connectivity index (χ0v) is 11.3. The maximum Gasteiger partial charge on any atom is 0.145 e. The zero-order valence-electron chi connectivity index (χ0n) is 9.70. The van der Waals surface area contributed by atoms with Gasteiger partial charge in [0, 0.05) is 11.3 Å². The van der Waals surface area contributed by atoms with Crippen molar-refractivity contribution in [1.29, 1.82) is 0 Å². The van der Waals surface area contributed by atoms with E-state index in [1.165, 1.54) is 24.3 Å². The molecule has 0 fully saturated rings. The molecule has 1 unspecified atom stereocenters. The third-order valence-electron chi connectivity index (χ3n) is 2.52. The second-order valence-electron chi connectivity index (χ2n) is 3.89. The first-order chi connectivity index (χ1) is 8.99. The highest BCUT2D eigenvalue weighted by molar-refractivity contribution is 7.84. The molecule has 0 amide bonds. The van der Waals surface area contributed by atoms with Crippen LogP contribution in [0.2, 0.25) is 5.02 Å². The summed E-state index contributed by atoms with van der Waals surface area (Å²) in [6.07, 6.45) is 0. The Bertz CT molecular complexity index is 649. The predicted molar refractivity (Wildman–Crippen MR) is 72.3 cm³/mol. The first kappa shape index (κ1) is 14.0. The van der Waals surface area contributed by atoms with E-state index in [9.17, 15) is 13.0 Å². The van der Waals surface area contributed by atoms with Crippen LogP contribution < -0.4 is 5.73 Å². The molecule has 6 heteroatoms. The molecule has 2 aromatic rings. The molecule has 0 radical (unpaired) electrons. The van der Waals surface area contributed by atoms with Crippen LogP contribution in [0.25, 0.3) is 0 Å². The summed E-state index contributed by atoms with van der Waals surface area (Å²) in [6, 6.07) is 8.29. The van der Waals surface area contributed by atoms with Crippen LogP contribution >= 0.6 is 11.6 Å². The molecule has 2 rings (SSSR count). The molecule has 0 spiro atoms. The smallest absolute Gasteiger partial charge is 0.145 e. The molecule has 0 saturated carbocycles. The van der Waals surface area contributed by atoms with Crippen LogP contribution in [0.15, 0.2) is 41.3 Å². The average molecular weight is 302 g/mol. The minimum Gasteiger partial charge on any atom is -0.399 e. The van der Waals surface area contributed by atoms with Crippen LogP contribution in [0.5, 0.6) is 0 Å². The van der Waals surface area contributed by atoms with Gasteiger partial charge in [-0.1, -0.05) is 23.7 Å². The normalized spacial score (nSPS) is 12.4. The Morgan fingerprint density at radius 3 is 2.63 bits per heavy atom. The van der Waals surface area contributed by atoms with Crippen molar-refractivity contribution in [2.24, 2.45) is 0 Å². The predicted octanol–water partition coefficient (Wildman–Crippen LogP) is 3.51. The van der Waals surface area contributed by atoms with Crippen molar-refractivity contribution in [3.05, 3.63) is 58.6 Å². The van der Waals surface area contributed by atoms with Gasteiger partial charge in [-0.2, -0.15) is 0 Å². The van der Waals surface area contributed by atoms with Gasteiger partial charge in [0.2, 0.25) is 0 Å². The Morgan fingerprint density at radius 1 is 1.21 bits per heavy atom. The molecule has 0 heterocycles. The van der Waals surface area contributed by atoms with Crippen LogP contribution in [0, 0.1) is 11.6 Å². The summed E-state index contributed by atoms with van der Waals surface area (Å²) in [5.74, 6) is -1.44. The Hall–Kier alpha value is -1.46. The molecule has 100 valence electrons. The summed E-state index contributed by atoms with van der Waals surface area (Å²) in [5.41, 5.74) is 5.83. The van der Waals surface area contributed by atoms with E-state index in [1.807, 2.05) is 0 Å². The quantitative estimate of drug-likeness (QED) is 0.882. The van der Waals surface area contributed by atoms with Gasteiger partial charge in [-0.3, -0.25) is 4.21 Å². The largest absolute Gasteiger partial charge is 0.399 e. The summed E-state index contributed by atoms with van der Waals surface area (Å²) in [6.45, 7) is 0. The van der Waals surface area contributed by atoms with Crippen molar-refractivity contribution in [1.82, 2.24) is 0 Å². The van der Waals surface area contributed by atoms with Gasteiger partial charge in [-0.05, 0) is 24.3 Å². The molecule has 2 aromatic carbocycles. The molecule has 0 bridgehead atoms. The Labute approximate surface area is 116 Å². The molecule has 0 saturated heterocycles. The standard InChI is InChI=1S/C13H10ClF2NOS/c14-10-3-1-2-8(13(10)16)7-19(18)12-5-4-9(17)6-11(12)15/h1-6H,7,17H2. The third kappa shape index (κ3) is 3.11. The molecular formula is C13H10ClF2NOS. The zero-order chi connectivity index (χ0) is 14.0. The van der Waals surface area contributed by atoms with Gasteiger partial charge in [0.05, 0.1) is 26.5 Å². The number of hydrogen-bond acceptors (Lipinski definition) is 2. The topological polar surface area (TPSA) is 43.1 Å². The SMILES string of the molecule is Nc1ccc(S(=O)Cc2cccc(Cl)c2F)c(F)c1. The number of halogens is 3. The van der Waals surface area contributed by atoms with E-state index in [-0.39, 0.29) is 26.9 Å². The minimum absolute atomic E-state index is 0.00595. The highest BCUT2D eigenvalue weighted by atomic mass is 35.5. The fourth-order valence-corrected chi connectivity index (χ4v) is 2.93. The van der Waals surface area contributed by atoms with E-state index in [2.05, 4.69) is 0 Å². The maximum absolute atomic E-state index is 13.7. The Kier molecular flexibility index (Phi) is 4.17. The van der Waals surface area contributed by atoms with Gasteiger partial charge in [0.1, 0.15) is 11.6 Å². The highest BCUT2D eigenvalue weighted by Gasteiger charge is 2.14. The van der Waals surface area contributed by atoms with Crippen molar-refractivity contribution in [3.8, 4) is 0 Å². The van der Waals surface area contributed by atoms with Crippen LogP contribution in [-0.4, -0.2) is 4.21 Å². The summed E-state index contributed by atoms with van der Waals surface area (Å²) in [4.78, 5) is -0.00595. The first-order valence-electron chi connectivity index (χ1n) is 5.35. The van der Waals surface area contributed by atoms with Gasteiger partial charge in [0.15, 0.2) is 0 Å². The number of hydrogen-bond donors (Lipinski definition) is 1. The Morgan fingerprint density at radius 2 is 1.95 bits per heavy atom. The first-order valence-corrected chi connectivity index (χ1v) is 7.05. The fraction of sp³-hybridized carbons (Fsp3) is 0.0769. The van der Waals surface area contributed by atoms with Crippen LogP contribution in [-0.2, 0) is 16.6 Å². The van der Waals surface area contributed by atoms with E-state index < -0.39 is 22.4 Å². The van der Waals surface area contributed by atoms with Gasteiger partial charge in [-0.25, -0.2) is 8.78 Å². The van der Waals surface area contributed by atoms with E-state index in [0.29, 0.717) is 0 Å². The molecule has 2 nitrogen and oxygen atoms in total. The van der Waals surface area contributed by atoms with Crippen molar-refractivity contribution in [2.45, 2.75) is 10.6 Å². The van der Waals surface area contributed by atoms with Crippen LogP contribution in [0.3, 0.4) is 0 Å². The number of nitrogen functional groups attached to an aromatic ring is 1. The molecule has 19 heavy (non-hydrogen) atoms. The number of rotatable bonds is 3. The average Bonchev–Trinajstić information content (AvgIpc) is 2.34. The van der Waals surface area contributed by atoms with Gasteiger partial charge < -0.3 is 5.73 Å².